The summed E-state index contributed by atoms with van der Waals surface area (Å²) in [5, 5.41) is 3.47. The summed E-state index contributed by atoms with van der Waals surface area (Å²) in [4.78, 5) is 15.7. The van der Waals surface area contributed by atoms with Crippen molar-refractivity contribution in [2.24, 2.45) is 4.99 Å². The van der Waals surface area contributed by atoms with Crippen LogP contribution < -0.4 is 14.8 Å². The highest BCUT2D eigenvalue weighted by atomic mass is 16.5. The van der Waals surface area contributed by atoms with Gasteiger partial charge >= 0.3 is 0 Å². The summed E-state index contributed by atoms with van der Waals surface area (Å²) in [6.45, 7) is 7.26. The van der Waals surface area contributed by atoms with Crippen LogP contribution in [0.5, 0.6) is 11.5 Å². The Morgan fingerprint density at radius 2 is 1.91 bits per heavy atom. The van der Waals surface area contributed by atoms with Crippen LogP contribution in [0.4, 0.5) is 0 Å². The molecule has 1 fully saturated rings. The molecule has 3 heterocycles. The Labute approximate surface area is 194 Å². The van der Waals surface area contributed by atoms with Gasteiger partial charge in [-0.05, 0) is 39.2 Å². The molecule has 7 nitrogen and oxygen atoms in total. The third kappa shape index (κ3) is 3.71. The molecule has 2 atom stereocenters. The number of ether oxygens (including phenoxy) is 2. The van der Waals surface area contributed by atoms with Crippen molar-refractivity contribution in [1.82, 2.24) is 20.2 Å². The summed E-state index contributed by atoms with van der Waals surface area (Å²) in [6, 6.07) is 12.4. The van der Waals surface area contributed by atoms with Gasteiger partial charge in [-0.15, -0.1) is 0 Å². The largest absolute Gasteiger partial charge is 0.493 e. The molecule has 7 heteroatoms. The summed E-state index contributed by atoms with van der Waals surface area (Å²) in [7, 11) is 3.28. The number of benzene rings is 2. The highest BCUT2D eigenvalue weighted by molar-refractivity contribution is 5.82. The first-order chi connectivity index (χ1) is 15.9. The van der Waals surface area contributed by atoms with Crippen molar-refractivity contribution in [1.29, 1.82) is 0 Å². The SMILES string of the molecule is COc1cc2nc([C@]3(C)CCCN3C3=[C]C(c4cccc(C)c4)NC(C)=N3)[nH]c2cc1OC. The minimum atomic E-state index is -0.319. The number of hydrogen-bond acceptors (Lipinski definition) is 6. The van der Waals surface area contributed by atoms with E-state index in [4.69, 9.17) is 19.5 Å². The van der Waals surface area contributed by atoms with Crippen molar-refractivity contribution in [3.63, 3.8) is 0 Å². The zero-order valence-electron chi connectivity index (χ0n) is 19.8. The van der Waals surface area contributed by atoms with Crippen LogP contribution in [0.3, 0.4) is 0 Å². The summed E-state index contributed by atoms with van der Waals surface area (Å²) in [5.41, 5.74) is 3.88. The van der Waals surface area contributed by atoms with Gasteiger partial charge in [0.1, 0.15) is 17.5 Å². The molecule has 1 unspecified atom stereocenters. The monoisotopic (exact) mass is 444 g/mol. The lowest BCUT2D eigenvalue weighted by Gasteiger charge is -2.37. The predicted octanol–water partition coefficient (Wildman–Crippen LogP) is 4.61. The van der Waals surface area contributed by atoms with Gasteiger partial charge in [-0.1, -0.05) is 29.8 Å². The van der Waals surface area contributed by atoms with Crippen LogP contribution in [-0.4, -0.2) is 41.5 Å². The van der Waals surface area contributed by atoms with Crippen LogP contribution >= 0.6 is 0 Å². The molecule has 2 aliphatic heterocycles. The van der Waals surface area contributed by atoms with Crippen molar-refractivity contribution >= 4 is 16.9 Å². The molecule has 2 aliphatic rings. The molecule has 5 rings (SSSR count). The number of nitrogens with one attached hydrogen (secondary N) is 2. The van der Waals surface area contributed by atoms with E-state index in [9.17, 15) is 0 Å². The predicted molar refractivity (Wildman–Crippen MR) is 129 cm³/mol. The molecule has 1 saturated heterocycles. The van der Waals surface area contributed by atoms with E-state index in [1.807, 2.05) is 19.1 Å². The van der Waals surface area contributed by atoms with Crippen LogP contribution in [0.1, 0.15) is 49.7 Å². The first kappa shape index (κ1) is 21.4. The standard InChI is InChI=1S/C26H30N5O2/c1-16-8-6-9-18(12-16)19-15-24(28-17(2)27-19)31-11-7-10-26(31,3)25-29-20-13-22(32-4)23(33-5)14-21(20)30-25/h6,8-9,12-14,19H,7,10-11H2,1-5H3,(H,27,28)(H,29,30)/t19?,26-/m0/s1. The number of amidine groups is 1. The van der Waals surface area contributed by atoms with Crippen LogP contribution in [0.25, 0.3) is 11.0 Å². The third-order valence-electron chi connectivity index (χ3n) is 6.67. The van der Waals surface area contributed by atoms with E-state index < -0.39 is 0 Å². The molecular formula is C26H30N5O2. The highest BCUT2D eigenvalue weighted by Crippen LogP contribution is 2.42. The van der Waals surface area contributed by atoms with Crippen molar-refractivity contribution in [2.45, 2.75) is 45.2 Å². The van der Waals surface area contributed by atoms with Gasteiger partial charge in [-0.25, -0.2) is 9.98 Å². The van der Waals surface area contributed by atoms with Crippen molar-refractivity contribution in [3.05, 3.63) is 65.2 Å². The average Bonchev–Trinajstić information content (AvgIpc) is 3.41. The smallest absolute Gasteiger partial charge is 0.163 e. The maximum Gasteiger partial charge on any atom is 0.163 e. The number of fused-ring (bicyclic) bond motifs is 1. The summed E-state index contributed by atoms with van der Waals surface area (Å²) >= 11 is 0. The number of rotatable bonds is 5. The van der Waals surface area contributed by atoms with E-state index in [0.29, 0.717) is 11.5 Å². The molecule has 0 saturated carbocycles. The molecule has 0 aliphatic carbocycles. The Kier molecular flexibility index (Phi) is 5.27. The second kappa shape index (κ2) is 8.14. The number of nitrogens with zero attached hydrogens (tertiary/aromatic N) is 3. The Balaban J connectivity index is 1.53. The minimum Gasteiger partial charge on any atom is -0.493 e. The quantitative estimate of drug-likeness (QED) is 0.601. The first-order valence-corrected chi connectivity index (χ1v) is 11.3. The third-order valence-corrected chi connectivity index (χ3v) is 6.67. The van der Waals surface area contributed by atoms with Gasteiger partial charge in [0.05, 0.1) is 36.8 Å². The number of imidazole rings is 1. The highest BCUT2D eigenvalue weighted by Gasteiger charge is 2.43. The van der Waals surface area contributed by atoms with Gasteiger partial charge in [-0.2, -0.15) is 0 Å². The first-order valence-electron chi connectivity index (χ1n) is 11.3. The number of likely N-dealkylation sites (tertiary alicyclic amines) is 1. The number of methoxy groups -OCH3 is 2. The van der Waals surface area contributed by atoms with E-state index >= 15 is 0 Å². The second-order valence-electron chi connectivity index (χ2n) is 9.00. The Bertz CT molecular complexity index is 1220. The fraction of sp³-hybridized carbons (Fsp3) is 0.385. The van der Waals surface area contributed by atoms with Crippen LogP contribution in [0.2, 0.25) is 0 Å². The van der Waals surface area contributed by atoms with Gasteiger partial charge in [0.2, 0.25) is 0 Å². The number of aliphatic imine (C=N–C) groups is 1. The Morgan fingerprint density at radius 3 is 2.67 bits per heavy atom. The van der Waals surface area contributed by atoms with Crippen LogP contribution in [-0.2, 0) is 5.54 Å². The number of hydrogen-bond donors (Lipinski definition) is 2. The molecule has 33 heavy (non-hydrogen) atoms. The molecule has 0 spiro atoms. The van der Waals surface area contributed by atoms with E-state index in [1.54, 1.807) is 14.2 Å². The fourth-order valence-corrected chi connectivity index (χ4v) is 4.89. The zero-order chi connectivity index (χ0) is 23.2. The maximum absolute atomic E-state index is 5.47. The molecule has 0 bridgehead atoms. The van der Waals surface area contributed by atoms with Crippen molar-refractivity contribution in [2.75, 3.05) is 20.8 Å². The minimum absolute atomic E-state index is 0.0357. The van der Waals surface area contributed by atoms with E-state index in [-0.39, 0.29) is 11.6 Å². The summed E-state index contributed by atoms with van der Waals surface area (Å²) < 4.78 is 10.9. The fourth-order valence-electron chi connectivity index (χ4n) is 4.89. The van der Waals surface area contributed by atoms with Gasteiger partial charge in [0, 0.05) is 24.8 Å². The van der Waals surface area contributed by atoms with Crippen molar-refractivity contribution in [3.8, 4) is 11.5 Å². The lowest BCUT2D eigenvalue weighted by Crippen LogP contribution is -2.41. The molecule has 2 N–H and O–H groups in total. The van der Waals surface area contributed by atoms with Crippen LogP contribution in [0, 0.1) is 13.0 Å². The Morgan fingerprint density at radius 1 is 1.12 bits per heavy atom. The number of H-pyrrole nitrogens is 1. The molecule has 0 amide bonds. The number of aromatic nitrogens is 2. The average molecular weight is 445 g/mol. The molecule has 1 aromatic heterocycles. The number of aromatic amines is 1. The summed E-state index contributed by atoms with van der Waals surface area (Å²) in [5.74, 6) is 4.03. The second-order valence-corrected chi connectivity index (χ2v) is 9.00. The summed E-state index contributed by atoms with van der Waals surface area (Å²) in [6.07, 6.45) is 5.66. The van der Waals surface area contributed by atoms with Gasteiger partial charge < -0.3 is 24.7 Å². The number of aryl methyl sites for hydroxylation is 1. The maximum atomic E-state index is 5.47. The molecule has 171 valence electrons. The Hall–Kier alpha value is -3.48. The van der Waals surface area contributed by atoms with E-state index in [2.05, 4.69) is 59.4 Å². The van der Waals surface area contributed by atoms with E-state index in [0.717, 1.165) is 47.9 Å². The van der Waals surface area contributed by atoms with Crippen LogP contribution in [0.15, 0.2) is 47.2 Å². The molecular weight excluding hydrogens is 414 g/mol. The zero-order valence-corrected chi connectivity index (χ0v) is 19.8. The van der Waals surface area contributed by atoms with Gasteiger partial charge in [0.25, 0.3) is 0 Å². The normalized spacial score (nSPS) is 22.7. The molecule has 3 aromatic rings. The molecule has 1 radical (unpaired) electrons. The molecule has 2 aromatic carbocycles. The van der Waals surface area contributed by atoms with Crippen molar-refractivity contribution < 1.29 is 9.47 Å². The lowest BCUT2D eigenvalue weighted by atomic mass is 9.97. The van der Waals surface area contributed by atoms with E-state index in [1.165, 1.54) is 11.1 Å². The topological polar surface area (TPSA) is 74.8 Å². The lowest BCUT2D eigenvalue weighted by molar-refractivity contribution is 0.190. The van der Waals surface area contributed by atoms with Gasteiger partial charge in [0.15, 0.2) is 11.5 Å². The van der Waals surface area contributed by atoms with Gasteiger partial charge in [-0.3, -0.25) is 0 Å².